The van der Waals surface area contributed by atoms with Gasteiger partial charge in [0.25, 0.3) is 0 Å². The van der Waals surface area contributed by atoms with Crippen LogP contribution in [-0.4, -0.2) is 19.6 Å². The van der Waals surface area contributed by atoms with Gasteiger partial charge in [0.1, 0.15) is 5.82 Å². The predicted octanol–water partition coefficient (Wildman–Crippen LogP) is 1.62. The monoisotopic (exact) mass is 219 g/mol. The van der Waals surface area contributed by atoms with E-state index in [-0.39, 0.29) is 5.54 Å². The van der Waals surface area contributed by atoms with Gasteiger partial charge in [-0.05, 0) is 20.8 Å². The van der Waals surface area contributed by atoms with Gasteiger partial charge in [0.2, 0.25) is 0 Å². The highest BCUT2D eigenvalue weighted by Crippen LogP contribution is 2.22. The second-order valence-electron chi connectivity index (χ2n) is 4.92. The molecule has 0 saturated carbocycles. The molecule has 5 heteroatoms. The molecule has 16 heavy (non-hydrogen) atoms. The molecule has 0 aliphatic carbocycles. The molecule has 0 saturated heterocycles. The number of nitrogen functional groups attached to an aromatic ring is 1. The van der Waals surface area contributed by atoms with Crippen LogP contribution in [0.5, 0.6) is 0 Å². The van der Waals surface area contributed by atoms with Crippen molar-refractivity contribution in [2.75, 3.05) is 5.73 Å². The predicted molar refractivity (Wildman–Crippen MR) is 63.8 cm³/mol. The molecule has 2 rings (SSSR count). The minimum atomic E-state index is -0.0153. The summed E-state index contributed by atoms with van der Waals surface area (Å²) in [6, 6.07) is 1.85. The summed E-state index contributed by atoms with van der Waals surface area (Å²) < 4.78 is 3.58. The van der Waals surface area contributed by atoms with Crippen LogP contribution in [-0.2, 0) is 12.6 Å². The summed E-state index contributed by atoms with van der Waals surface area (Å²) in [5, 5.41) is 8.64. The van der Waals surface area contributed by atoms with E-state index in [0.29, 0.717) is 5.82 Å². The Balaban J connectivity index is 2.39. The molecular formula is C11H17N5. The number of nitrogens with zero attached hydrogens (tertiary/aromatic N) is 4. The molecule has 0 aliphatic rings. The van der Waals surface area contributed by atoms with E-state index in [2.05, 4.69) is 31.0 Å². The first-order valence-electron chi connectivity index (χ1n) is 5.23. The highest BCUT2D eigenvalue weighted by molar-refractivity contribution is 5.60. The molecule has 0 bridgehead atoms. The lowest BCUT2D eigenvalue weighted by molar-refractivity contribution is 0.355. The zero-order valence-corrected chi connectivity index (χ0v) is 10.1. The number of nitrogens with two attached hydrogens (primary N) is 1. The Morgan fingerprint density at radius 1 is 1.31 bits per heavy atom. The lowest BCUT2D eigenvalue weighted by Gasteiger charge is -2.18. The number of aryl methyl sites for hydroxylation is 1. The fourth-order valence-electron chi connectivity index (χ4n) is 1.44. The highest BCUT2D eigenvalue weighted by Gasteiger charge is 2.15. The number of hydrogen-bond acceptors (Lipinski definition) is 3. The summed E-state index contributed by atoms with van der Waals surface area (Å²) in [4.78, 5) is 0. The maximum absolute atomic E-state index is 5.74. The minimum absolute atomic E-state index is 0.0153. The Bertz CT molecular complexity index is 481. The Labute approximate surface area is 94.9 Å². The van der Waals surface area contributed by atoms with E-state index in [9.17, 15) is 0 Å². The third-order valence-electron chi connectivity index (χ3n) is 2.48. The SMILES string of the molecule is Cn1nc(-c2cnn(C(C)(C)C)c2)cc1N. The second kappa shape index (κ2) is 3.37. The van der Waals surface area contributed by atoms with Crippen molar-refractivity contribution in [3.63, 3.8) is 0 Å². The average molecular weight is 219 g/mol. The van der Waals surface area contributed by atoms with E-state index in [1.807, 2.05) is 30.2 Å². The average Bonchev–Trinajstić information content (AvgIpc) is 2.73. The van der Waals surface area contributed by atoms with Crippen molar-refractivity contribution in [3.05, 3.63) is 18.5 Å². The maximum Gasteiger partial charge on any atom is 0.121 e. The van der Waals surface area contributed by atoms with Crippen LogP contribution in [0.3, 0.4) is 0 Å². The van der Waals surface area contributed by atoms with Crippen LogP contribution in [0.15, 0.2) is 18.5 Å². The van der Waals surface area contributed by atoms with E-state index in [0.717, 1.165) is 11.3 Å². The van der Waals surface area contributed by atoms with Gasteiger partial charge < -0.3 is 5.73 Å². The van der Waals surface area contributed by atoms with Gasteiger partial charge in [-0.25, -0.2) is 0 Å². The van der Waals surface area contributed by atoms with Gasteiger partial charge in [-0.1, -0.05) is 0 Å². The van der Waals surface area contributed by atoms with Crippen LogP contribution in [0.4, 0.5) is 5.82 Å². The van der Waals surface area contributed by atoms with Crippen molar-refractivity contribution in [1.82, 2.24) is 19.6 Å². The van der Waals surface area contributed by atoms with Gasteiger partial charge in [0, 0.05) is 24.9 Å². The number of hydrogen-bond donors (Lipinski definition) is 1. The molecule has 2 aromatic heterocycles. The zero-order chi connectivity index (χ0) is 11.9. The fourth-order valence-corrected chi connectivity index (χ4v) is 1.44. The van der Waals surface area contributed by atoms with Gasteiger partial charge in [0.15, 0.2) is 0 Å². The number of rotatable bonds is 1. The topological polar surface area (TPSA) is 61.7 Å². The van der Waals surface area contributed by atoms with Crippen molar-refractivity contribution >= 4 is 5.82 Å². The first-order valence-corrected chi connectivity index (χ1v) is 5.23. The Morgan fingerprint density at radius 3 is 2.44 bits per heavy atom. The van der Waals surface area contributed by atoms with Gasteiger partial charge in [0.05, 0.1) is 17.4 Å². The largest absolute Gasteiger partial charge is 0.384 e. The van der Waals surface area contributed by atoms with Crippen LogP contribution in [0, 0.1) is 0 Å². The van der Waals surface area contributed by atoms with Crippen molar-refractivity contribution < 1.29 is 0 Å². The summed E-state index contributed by atoms with van der Waals surface area (Å²) in [6.07, 6.45) is 3.80. The van der Waals surface area contributed by atoms with Gasteiger partial charge in [-0.3, -0.25) is 9.36 Å². The quantitative estimate of drug-likeness (QED) is 0.792. The molecule has 0 aromatic carbocycles. The van der Waals surface area contributed by atoms with Gasteiger partial charge in [-0.15, -0.1) is 0 Å². The molecule has 5 nitrogen and oxygen atoms in total. The molecule has 0 unspecified atom stereocenters. The number of anilines is 1. The summed E-state index contributed by atoms with van der Waals surface area (Å²) in [7, 11) is 1.83. The van der Waals surface area contributed by atoms with Crippen LogP contribution in [0.1, 0.15) is 20.8 Å². The summed E-state index contributed by atoms with van der Waals surface area (Å²) in [5.41, 5.74) is 7.57. The molecular weight excluding hydrogens is 202 g/mol. The standard InChI is InChI=1S/C11H17N5/c1-11(2,3)16-7-8(6-13-16)9-5-10(12)15(4)14-9/h5-7H,12H2,1-4H3. The fraction of sp³-hybridized carbons (Fsp3) is 0.455. The second-order valence-corrected chi connectivity index (χ2v) is 4.92. The lowest BCUT2D eigenvalue weighted by atomic mass is 10.1. The molecule has 0 atom stereocenters. The molecule has 0 spiro atoms. The summed E-state index contributed by atoms with van der Waals surface area (Å²) in [6.45, 7) is 6.32. The molecule has 0 radical (unpaired) electrons. The van der Waals surface area contributed by atoms with Gasteiger partial charge in [-0.2, -0.15) is 10.2 Å². The first-order chi connectivity index (χ1) is 7.38. The Morgan fingerprint density at radius 2 is 2.00 bits per heavy atom. The van der Waals surface area contributed by atoms with Crippen LogP contribution in [0.25, 0.3) is 11.3 Å². The van der Waals surface area contributed by atoms with E-state index in [1.165, 1.54) is 0 Å². The van der Waals surface area contributed by atoms with E-state index < -0.39 is 0 Å². The van der Waals surface area contributed by atoms with Gasteiger partial charge >= 0.3 is 0 Å². The van der Waals surface area contributed by atoms with E-state index in [4.69, 9.17) is 5.73 Å². The molecule has 0 fully saturated rings. The Hall–Kier alpha value is -1.78. The normalized spacial score (nSPS) is 12.0. The summed E-state index contributed by atoms with van der Waals surface area (Å²) in [5.74, 6) is 0.651. The molecule has 86 valence electrons. The smallest absolute Gasteiger partial charge is 0.121 e. The summed E-state index contributed by atoms with van der Waals surface area (Å²) >= 11 is 0. The van der Waals surface area contributed by atoms with Crippen LogP contribution < -0.4 is 5.73 Å². The molecule has 2 heterocycles. The van der Waals surface area contributed by atoms with E-state index >= 15 is 0 Å². The lowest BCUT2D eigenvalue weighted by Crippen LogP contribution is -2.21. The highest BCUT2D eigenvalue weighted by atomic mass is 15.3. The minimum Gasteiger partial charge on any atom is -0.384 e. The maximum atomic E-state index is 5.74. The van der Waals surface area contributed by atoms with Crippen LogP contribution in [0.2, 0.25) is 0 Å². The molecule has 2 N–H and O–H groups in total. The molecule has 0 aliphatic heterocycles. The van der Waals surface area contributed by atoms with Crippen molar-refractivity contribution in [2.45, 2.75) is 26.3 Å². The van der Waals surface area contributed by atoms with Crippen molar-refractivity contribution in [1.29, 1.82) is 0 Å². The zero-order valence-electron chi connectivity index (χ0n) is 10.1. The molecule has 0 amide bonds. The number of aromatic nitrogens is 4. The van der Waals surface area contributed by atoms with Crippen LogP contribution >= 0.6 is 0 Å². The Kier molecular flexibility index (Phi) is 2.26. The first kappa shape index (κ1) is 10.7. The molecule has 2 aromatic rings. The third kappa shape index (κ3) is 1.80. The van der Waals surface area contributed by atoms with Crippen molar-refractivity contribution in [3.8, 4) is 11.3 Å². The van der Waals surface area contributed by atoms with E-state index in [1.54, 1.807) is 4.68 Å². The third-order valence-corrected chi connectivity index (χ3v) is 2.48. The van der Waals surface area contributed by atoms with Crippen molar-refractivity contribution in [2.24, 2.45) is 7.05 Å².